The Hall–Kier alpha value is -3.04. The maximum absolute atomic E-state index is 13.3. The van der Waals surface area contributed by atoms with Crippen LogP contribution in [0.5, 0.6) is 5.75 Å². The molecule has 2 aromatic heterocycles. The first kappa shape index (κ1) is 27.5. The van der Waals surface area contributed by atoms with E-state index in [4.69, 9.17) is 4.74 Å². The molecule has 1 N–H and O–H groups in total. The van der Waals surface area contributed by atoms with Crippen molar-refractivity contribution in [3.8, 4) is 5.75 Å². The van der Waals surface area contributed by atoms with Gasteiger partial charge < -0.3 is 9.72 Å². The van der Waals surface area contributed by atoms with E-state index in [-0.39, 0.29) is 0 Å². The molecule has 39 heavy (non-hydrogen) atoms. The monoisotopic (exact) mass is 554 g/mol. The van der Waals surface area contributed by atoms with Gasteiger partial charge in [0, 0.05) is 36.6 Å². The number of aromatic amines is 1. The van der Waals surface area contributed by atoms with Crippen LogP contribution in [0.2, 0.25) is 0 Å². The van der Waals surface area contributed by atoms with Crippen LogP contribution in [0.1, 0.15) is 54.5 Å². The lowest BCUT2D eigenvalue weighted by atomic mass is 9.93. The van der Waals surface area contributed by atoms with Crippen LogP contribution in [0.3, 0.4) is 0 Å². The van der Waals surface area contributed by atoms with Crippen molar-refractivity contribution < 1.29 is 17.9 Å². The number of imidazole rings is 1. The highest BCUT2D eigenvalue weighted by atomic mass is 32.2. The van der Waals surface area contributed by atoms with Crippen molar-refractivity contribution in [2.75, 3.05) is 13.2 Å². The van der Waals surface area contributed by atoms with E-state index < -0.39 is 11.7 Å². The maximum atomic E-state index is 13.3. The van der Waals surface area contributed by atoms with Crippen LogP contribution in [0, 0.1) is 6.92 Å². The summed E-state index contributed by atoms with van der Waals surface area (Å²) >= 11 is 1.60. The summed E-state index contributed by atoms with van der Waals surface area (Å²) in [5.74, 6) is 1.44. The standard InChI is InChI=1S/C30H33F3N4OS/c1-21-27(20-39-29-35-25-12-5-6-13-26(25)36-29)34-15-14-28(21)38-17-16-37(24-10-3-2-4-11-24)19-22-8-7-9-23(18-22)30(31,32)33/h5-9,12-15,18,24H,2-4,10-11,16-17,19-20H2,1H3,(H,35,36). The van der Waals surface area contributed by atoms with E-state index in [2.05, 4.69) is 19.9 Å². The molecular weight excluding hydrogens is 521 g/mol. The number of thioether (sulfide) groups is 1. The Morgan fingerprint density at radius 3 is 2.67 bits per heavy atom. The van der Waals surface area contributed by atoms with Gasteiger partial charge in [0.05, 0.1) is 22.3 Å². The molecule has 1 saturated carbocycles. The molecule has 4 aromatic rings. The summed E-state index contributed by atoms with van der Waals surface area (Å²) in [6.07, 6.45) is 3.08. The molecule has 0 bridgehead atoms. The summed E-state index contributed by atoms with van der Waals surface area (Å²) < 4.78 is 46.0. The van der Waals surface area contributed by atoms with E-state index >= 15 is 0 Å². The van der Waals surface area contributed by atoms with E-state index in [0.29, 0.717) is 37.1 Å². The van der Waals surface area contributed by atoms with Crippen LogP contribution in [0.4, 0.5) is 13.2 Å². The minimum Gasteiger partial charge on any atom is -0.492 e. The second-order valence-corrected chi connectivity index (χ2v) is 11.0. The zero-order valence-electron chi connectivity index (χ0n) is 22.0. The minimum atomic E-state index is -4.34. The van der Waals surface area contributed by atoms with Gasteiger partial charge in [-0.2, -0.15) is 13.2 Å². The van der Waals surface area contributed by atoms with Gasteiger partial charge in [-0.25, -0.2) is 4.98 Å². The van der Waals surface area contributed by atoms with Gasteiger partial charge in [0.1, 0.15) is 12.4 Å². The smallest absolute Gasteiger partial charge is 0.416 e. The van der Waals surface area contributed by atoms with E-state index in [0.717, 1.165) is 64.9 Å². The highest BCUT2D eigenvalue weighted by Crippen LogP contribution is 2.31. The topological polar surface area (TPSA) is 54.0 Å². The number of benzene rings is 2. The normalized spacial score (nSPS) is 14.8. The Balaban J connectivity index is 1.22. The number of fused-ring (bicyclic) bond motifs is 1. The molecule has 0 atom stereocenters. The van der Waals surface area contributed by atoms with Crippen LogP contribution < -0.4 is 4.74 Å². The van der Waals surface area contributed by atoms with Gasteiger partial charge in [-0.15, -0.1) is 0 Å². The number of rotatable bonds is 10. The molecule has 1 aliphatic rings. The van der Waals surface area contributed by atoms with Gasteiger partial charge >= 0.3 is 6.18 Å². The molecule has 0 spiro atoms. The molecule has 2 aromatic carbocycles. The summed E-state index contributed by atoms with van der Waals surface area (Å²) in [6, 6.07) is 15.9. The molecule has 2 heterocycles. The number of ether oxygens (including phenoxy) is 1. The average molecular weight is 555 g/mol. The number of hydrogen-bond acceptors (Lipinski definition) is 5. The van der Waals surface area contributed by atoms with Gasteiger partial charge in [-0.3, -0.25) is 9.88 Å². The molecule has 9 heteroatoms. The van der Waals surface area contributed by atoms with Gasteiger partial charge in [0.15, 0.2) is 5.16 Å². The number of para-hydroxylation sites is 2. The van der Waals surface area contributed by atoms with Crippen molar-refractivity contribution in [1.29, 1.82) is 0 Å². The first-order valence-corrected chi connectivity index (χ1v) is 14.4. The highest BCUT2D eigenvalue weighted by Gasteiger charge is 2.31. The molecular formula is C30H33F3N4OS. The van der Waals surface area contributed by atoms with E-state index in [1.807, 2.05) is 37.3 Å². The Kier molecular flexibility index (Phi) is 8.77. The van der Waals surface area contributed by atoms with Crippen molar-refractivity contribution in [2.45, 2.75) is 68.7 Å². The SMILES string of the molecule is Cc1c(OCCN(Cc2cccc(C(F)(F)F)c2)C2CCCCC2)ccnc1CSc1nc2ccccc2[nH]1. The van der Waals surface area contributed by atoms with E-state index in [9.17, 15) is 13.2 Å². The second kappa shape index (κ2) is 12.4. The Labute approximate surface area is 231 Å². The van der Waals surface area contributed by atoms with Crippen molar-refractivity contribution >= 4 is 22.8 Å². The molecule has 5 rings (SSSR count). The number of pyridine rings is 1. The summed E-state index contributed by atoms with van der Waals surface area (Å²) in [4.78, 5) is 14.8. The lowest BCUT2D eigenvalue weighted by molar-refractivity contribution is -0.137. The average Bonchev–Trinajstić information content (AvgIpc) is 3.36. The van der Waals surface area contributed by atoms with Gasteiger partial charge in [0.2, 0.25) is 0 Å². The number of halogens is 3. The summed E-state index contributed by atoms with van der Waals surface area (Å²) in [5, 5.41) is 0.849. The fraction of sp³-hybridized carbons (Fsp3) is 0.400. The molecule has 0 aliphatic heterocycles. The number of H-pyrrole nitrogens is 1. The van der Waals surface area contributed by atoms with Gasteiger partial charge in [0.25, 0.3) is 0 Å². The lowest BCUT2D eigenvalue weighted by Crippen LogP contribution is -2.39. The van der Waals surface area contributed by atoms with Crippen LogP contribution in [0.15, 0.2) is 66.0 Å². The summed E-state index contributed by atoms with van der Waals surface area (Å²) in [5.41, 5.74) is 3.96. The molecule has 206 valence electrons. The first-order chi connectivity index (χ1) is 18.9. The molecule has 0 radical (unpaired) electrons. The van der Waals surface area contributed by atoms with Crippen LogP contribution in [0.25, 0.3) is 11.0 Å². The fourth-order valence-electron chi connectivity index (χ4n) is 5.19. The van der Waals surface area contributed by atoms with Crippen LogP contribution in [-0.4, -0.2) is 39.0 Å². The van der Waals surface area contributed by atoms with E-state index in [1.165, 1.54) is 18.6 Å². The summed E-state index contributed by atoms with van der Waals surface area (Å²) in [6.45, 7) is 3.59. The fourth-order valence-corrected chi connectivity index (χ4v) is 6.10. The number of aromatic nitrogens is 3. The largest absolute Gasteiger partial charge is 0.492 e. The number of nitrogens with zero attached hydrogens (tertiary/aromatic N) is 3. The van der Waals surface area contributed by atoms with Crippen molar-refractivity contribution in [3.63, 3.8) is 0 Å². The highest BCUT2D eigenvalue weighted by molar-refractivity contribution is 7.98. The molecule has 0 amide bonds. The molecule has 0 saturated heterocycles. The minimum absolute atomic E-state index is 0.353. The van der Waals surface area contributed by atoms with Crippen LogP contribution >= 0.6 is 11.8 Å². The third kappa shape index (κ3) is 7.13. The summed E-state index contributed by atoms with van der Waals surface area (Å²) in [7, 11) is 0. The zero-order valence-corrected chi connectivity index (χ0v) is 22.8. The third-order valence-corrected chi connectivity index (χ3v) is 8.22. The predicted octanol–water partition coefficient (Wildman–Crippen LogP) is 7.79. The maximum Gasteiger partial charge on any atom is 0.416 e. The van der Waals surface area contributed by atoms with Crippen molar-refractivity contribution in [1.82, 2.24) is 19.9 Å². The van der Waals surface area contributed by atoms with Crippen molar-refractivity contribution in [3.05, 3.63) is 83.2 Å². The van der Waals surface area contributed by atoms with E-state index in [1.54, 1.807) is 24.0 Å². The third-order valence-electron chi connectivity index (χ3n) is 7.34. The Bertz CT molecular complexity index is 1350. The zero-order chi connectivity index (χ0) is 27.2. The molecule has 1 aliphatic carbocycles. The Morgan fingerprint density at radius 1 is 1.05 bits per heavy atom. The second-order valence-electron chi connectivity index (χ2n) is 10.0. The molecule has 5 nitrogen and oxygen atoms in total. The first-order valence-electron chi connectivity index (χ1n) is 13.4. The van der Waals surface area contributed by atoms with Gasteiger partial charge in [-0.1, -0.05) is 61.4 Å². The van der Waals surface area contributed by atoms with Gasteiger partial charge in [-0.05, 0) is 49.6 Å². The molecule has 1 fully saturated rings. The lowest BCUT2D eigenvalue weighted by Gasteiger charge is -2.34. The molecule has 0 unspecified atom stereocenters. The quantitative estimate of drug-likeness (QED) is 0.203. The predicted molar refractivity (Wildman–Crippen MR) is 149 cm³/mol. The number of alkyl halides is 3. The van der Waals surface area contributed by atoms with Crippen molar-refractivity contribution in [2.24, 2.45) is 0 Å². The van der Waals surface area contributed by atoms with Crippen LogP contribution in [-0.2, 0) is 18.5 Å². The Morgan fingerprint density at radius 2 is 1.87 bits per heavy atom. The number of nitrogens with one attached hydrogen (secondary N) is 1. The number of hydrogen-bond donors (Lipinski definition) is 1.